The molecule has 0 aliphatic heterocycles. The maximum atomic E-state index is 13.5. The van der Waals surface area contributed by atoms with Crippen molar-refractivity contribution in [2.75, 3.05) is 26.2 Å². The van der Waals surface area contributed by atoms with E-state index in [1.165, 1.54) is 28.2 Å². The van der Waals surface area contributed by atoms with Crippen LogP contribution in [0.25, 0.3) is 33.4 Å². The summed E-state index contributed by atoms with van der Waals surface area (Å²) in [5.74, 6) is -0.472. The number of anilines is 1. The van der Waals surface area contributed by atoms with Crippen LogP contribution in [0.5, 0.6) is 0 Å². The van der Waals surface area contributed by atoms with Gasteiger partial charge in [0.1, 0.15) is 22.6 Å². The molecule has 4 rings (SSSR count). The standard InChI is InChI=1S/C24H23FN6O3S/c1-28-24(32)22-18-10-17(15-6-9-21(27)31(12-15)13-26)19(29(2)30(3)35-33)11-20(18)34-23(22)14-4-7-16(25)8-5-14/h4-13,26-27,33H,1-3H3,(H,28,32). The maximum absolute atomic E-state index is 13.5. The molecule has 35 heavy (non-hydrogen) atoms. The highest BCUT2D eigenvalue weighted by atomic mass is 32.2. The predicted octanol–water partition coefficient (Wildman–Crippen LogP) is 4.41. The van der Waals surface area contributed by atoms with Crippen LogP contribution in [0.1, 0.15) is 10.4 Å². The first-order valence-electron chi connectivity index (χ1n) is 10.4. The van der Waals surface area contributed by atoms with E-state index in [0.29, 0.717) is 56.9 Å². The molecule has 4 N–H and O–H groups in total. The number of rotatable bonds is 7. The van der Waals surface area contributed by atoms with Crippen molar-refractivity contribution in [1.29, 1.82) is 10.8 Å². The van der Waals surface area contributed by atoms with Gasteiger partial charge in [-0.25, -0.2) is 4.39 Å². The number of pyridine rings is 1. The Morgan fingerprint density at radius 3 is 2.49 bits per heavy atom. The van der Waals surface area contributed by atoms with E-state index in [-0.39, 0.29) is 11.4 Å². The fraction of sp³-hybridized carbons (Fsp3) is 0.125. The molecule has 0 fully saturated rings. The van der Waals surface area contributed by atoms with Gasteiger partial charge in [-0.15, -0.1) is 4.41 Å². The second-order valence-corrected chi connectivity index (χ2v) is 8.36. The van der Waals surface area contributed by atoms with Crippen LogP contribution in [-0.4, -0.2) is 46.9 Å². The topological polar surface area (TPSA) is 122 Å². The summed E-state index contributed by atoms with van der Waals surface area (Å²) in [5.41, 5.74) is 3.38. The van der Waals surface area contributed by atoms with Crippen molar-refractivity contribution in [2.45, 2.75) is 0 Å². The number of carbonyl (C=O) groups excluding carboxylic acids is 1. The van der Waals surface area contributed by atoms with Crippen LogP contribution < -0.4 is 15.8 Å². The Morgan fingerprint density at radius 2 is 1.86 bits per heavy atom. The largest absolute Gasteiger partial charge is 0.455 e. The molecule has 0 saturated carbocycles. The fourth-order valence-corrected chi connectivity index (χ4v) is 3.97. The second-order valence-electron chi connectivity index (χ2n) is 7.67. The molecular formula is C24H23FN6O3S. The molecule has 2 aromatic heterocycles. The number of aromatic nitrogens is 1. The second kappa shape index (κ2) is 9.74. The number of halogens is 1. The molecule has 0 radical (unpaired) electrons. The normalized spacial score (nSPS) is 11.1. The average molecular weight is 495 g/mol. The van der Waals surface area contributed by atoms with E-state index in [9.17, 15) is 13.7 Å². The fourth-order valence-electron chi connectivity index (χ4n) is 3.78. The Hall–Kier alpha value is -3.93. The number of hydrogen-bond donors (Lipinski definition) is 4. The summed E-state index contributed by atoms with van der Waals surface area (Å²) in [5, 5.41) is 20.5. The van der Waals surface area contributed by atoms with Gasteiger partial charge in [-0.1, -0.05) is 0 Å². The Balaban J connectivity index is 2.06. The van der Waals surface area contributed by atoms with Crippen LogP contribution in [0.2, 0.25) is 0 Å². The highest BCUT2D eigenvalue weighted by molar-refractivity contribution is 7.91. The number of fused-ring (bicyclic) bond motifs is 1. The molecule has 0 bridgehead atoms. The van der Waals surface area contributed by atoms with Gasteiger partial charge in [0.25, 0.3) is 5.91 Å². The van der Waals surface area contributed by atoms with Gasteiger partial charge in [0.2, 0.25) is 0 Å². The zero-order chi connectivity index (χ0) is 25.3. The van der Waals surface area contributed by atoms with Crippen LogP contribution in [-0.2, 0) is 0 Å². The third kappa shape index (κ3) is 4.44. The van der Waals surface area contributed by atoms with Crippen molar-refractivity contribution in [3.05, 3.63) is 71.6 Å². The highest BCUT2D eigenvalue weighted by Crippen LogP contribution is 2.41. The smallest absolute Gasteiger partial charge is 0.255 e. The first-order chi connectivity index (χ1) is 16.8. The number of carbonyl (C=O) groups is 1. The first kappa shape index (κ1) is 24.2. The SMILES string of the molecule is CNC(=O)c1c(-c2ccc(F)cc2)oc2cc(N(C)N(C)SO)c(-c3ccc(=N)n(C=N)c3)cc12. The summed E-state index contributed by atoms with van der Waals surface area (Å²) in [6.07, 6.45) is 2.67. The number of amides is 1. The number of furan rings is 1. The molecule has 1 amide bonds. The van der Waals surface area contributed by atoms with E-state index in [4.69, 9.17) is 15.2 Å². The van der Waals surface area contributed by atoms with Crippen molar-refractivity contribution in [3.63, 3.8) is 0 Å². The molecule has 0 atom stereocenters. The summed E-state index contributed by atoms with van der Waals surface area (Å²) >= 11 is 0.520. The molecule has 2 heterocycles. The molecule has 2 aromatic carbocycles. The van der Waals surface area contributed by atoms with Gasteiger partial charge < -0.3 is 14.3 Å². The van der Waals surface area contributed by atoms with E-state index < -0.39 is 5.82 Å². The molecule has 9 nitrogen and oxygen atoms in total. The zero-order valence-corrected chi connectivity index (χ0v) is 20.0. The van der Waals surface area contributed by atoms with Crippen LogP contribution >= 0.6 is 12.2 Å². The number of nitrogens with zero attached hydrogens (tertiary/aromatic N) is 3. The van der Waals surface area contributed by atoms with Crippen molar-refractivity contribution < 1.29 is 18.2 Å². The first-order valence-corrected chi connectivity index (χ1v) is 11.2. The lowest BCUT2D eigenvalue weighted by atomic mass is 9.99. The summed E-state index contributed by atoms with van der Waals surface area (Å²) in [6.45, 7) is 0. The lowest BCUT2D eigenvalue weighted by Crippen LogP contribution is -2.31. The van der Waals surface area contributed by atoms with E-state index >= 15 is 0 Å². The van der Waals surface area contributed by atoms with Crippen LogP contribution in [0.15, 0.2) is 59.1 Å². The minimum Gasteiger partial charge on any atom is -0.455 e. The van der Waals surface area contributed by atoms with Gasteiger partial charge in [0, 0.05) is 55.5 Å². The molecule has 11 heteroatoms. The Labute approximate surface area is 204 Å². The summed E-state index contributed by atoms with van der Waals surface area (Å²) in [7, 11) is 4.94. The highest BCUT2D eigenvalue weighted by Gasteiger charge is 2.25. The lowest BCUT2D eigenvalue weighted by molar-refractivity contribution is 0.0964. The van der Waals surface area contributed by atoms with Gasteiger partial charge >= 0.3 is 0 Å². The summed E-state index contributed by atoms with van der Waals surface area (Å²) in [6, 6.07) is 12.5. The number of hydrogen-bond acceptors (Lipinski definition) is 8. The van der Waals surface area contributed by atoms with Gasteiger partial charge in [-0.2, -0.15) is 0 Å². The number of hydrazine groups is 1. The number of nitrogens with one attached hydrogen (secondary N) is 3. The summed E-state index contributed by atoms with van der Waals surface area (Å²) in [4.78, 5) is 13.0. The van der Waals surface area contributed by atoms with Gasteiger partial charge in [-0.05, 0) is 42.5 Å². The van der Waals surface area contributed by atoms with Crippen molar-refractivity contribution in [1.82, 2.24) is 14.3 Å². The number of benzene rings is 2. The van der Waals surface area contributed by atoms with Gasteiger partial charge in [0.05, 0.1) is 29.8 Å². The third-order valence-corrected chi connectivity index (χ3v) is 6.16. The maximum Gasteiger partial charge on any atom is 0.255 e. The minimum absolute atomic E-state index is 0.135. The van der Waals surface area contributed by atoms with Crippen LogP contribution in [0.3, 0.4) is 0 Å². The molecular weight excluding hydrogens is 471 g/mol. The quantitative estimate of drug-likeness (QED) is 0.0993. The van der Waals surface area contributed by atoms with Gasteiger partial charge in [-0.3, -0.25) is 25.2 Å². The Morgan fingerprint density at radius 1 is 1.17 bits per heavy atom. The average Bonchev–Trinajstić information content (AvgIpc) is 3.25. The van der Waals surface area contributed by atoms with Gasteiger partial charge in [0.15, 0.2) is 0 Å². The van der Waals surface area contributed by atoms with Crippen molar-refractivity contribution in [2.24, 2.45) is 0 Å². The van der Waals surface area contributed by atoms with Crippen LogP contribution in [0, 0.1) is 16.6 Å². The van der Waals surface area contributed by atoms with E-state index in [1.54, 1.807) is 61.7 Å². The minimum atomic E-state index is -0.403. The lowest BCUT2D eigenvalue weighted by Gasteiger charge is -2.28. The Kier molecular flexibility index (Phi) is 6.74. The van der Waals surface area contributed by atoms with Crippen molar-refractivity contribution in [3.8, 4) is 22.5 Å². The molecule has 180 valence electrons. The van der Waals surface area contributed by atoms with E-state index in [0.717, 1.165) is 6.34 Å². The predicted molar refractivity (Wildman–Crippen MR) is 135 cm³/mol. The van der Waals surface area contributed by atoms with E-state index in [1.807, 2.05) is 0 Å². The molecule has 0 aliphatic rings. The zero-order valence-electron chi connectivity index (χ0n) is 19.2. The monoisotopic (exact) mass is 494 g/mol. The molecule has 0 spiro atoms. The molecule has 0 aliphatic carbocycles. The molecule has 4 aromatic rings. The van der Waals surface area contributed by atoms with E-state index in [2.05, 4.69) is 5.32 Å². The molecule has 0 saturated heterocycles. The summed E-state index contributed by atoms with van der Waals surface area (Å²) < 4.78 is 32.1. The third-order valence-electron chi connectivity index (χ3n) is 5.68. The Bertz CT molecular complexity index is 1480. The van der Waals surface area contributed by atoms with Crippen molar-refractivity contribution >= 4 is 41.1 Å². The van der Waals surface area contributed by atoms with Crippen LogP contribution in [0.4, 0.5) is 10.1 Å². The molecule has 0 unspecified atom stereocenters.